The van der Waals surface area contributed by atoms with E-state index in [0.29, 0.717) is 0 Å². The smallest absolute Gasteiger partial charge is 0.316 e. The van der Waals surface area contributed by atoms with Gasteiger partial charge in [0.15, 0.2) is 0 Å². The van der Waals surface area contributed by atoms with Gasteiger partial charge in [-0.1, -0.05) is 13.3 Å². The van der Waals surface area contributed by atoms with Crippen LogP contribution in [0.1, 0.15) is 38.7 Å². The molecule has 1 aromatic heterocycles. The van der Waals surface area contributed by atoms with Gasteiger partial charge in [0.05, 0.1) is 5.41 Å². The van der Waals surface area contributed by atoms with Crippen molar-refractivity contribution in [1.29, 1.82) is 0 Å². The molecule has 16 heavy (non-hydrogen) atoms. The summed E-state index contributed by atoms with van der Waals surface area (Å²) in [4.78, 5) is 16.1. The molecular formula is C13H17NO2. The molecule has 1 aliphatic rings. The first-order chi connectivity index (χ1) is 7.69. The van der Waals surface area contributed by atoms with Crippen LogP contribution in [0.5, 0.6) is 0 Å². The van der Waals surface area contributed by atoms with Crippen molar-refractivity contribution >= 4 is 5.97 Å². The third-order valence-corrected chi connectivity index (χ3v) is 3.24. The highest BCUT2D eigenvalue weighted by Gasteiger charge is 2.48. The first kappa shape index (κ1) is 11.1. The average molecular weight is 219 g/mol. The summed E-state index contributed by atoms with van der Waals surface area (Å²) < 4.78 is 5.32. The number of aromatic nitrogens is 1. The van der Waals surface area contributed by atoms with Crippen LogP contribution in [0.15, 0.2) is 24.5 Å². The number of carbonyl (C=O) groups is 1. The Balaban J connectivity index is 2.40. The molecule has 0 unspecified atom stereocenters. The Labute approximate surface area is 95.8 Å². The van der Waals surface area contributed by atoms with Gasteiger partial charge in [0.2, 0.25) is 0 Å². The molecule has 0 aromatic carbocycles. The zero-order valence-electron chi connectivity index (χ0n) is 9.77. The van der Waals surface area contributed by atoms with Gasteiger partial charge in [-0.2, -0.15) is 0 Å². The predicted molar refractivity (Wildman–Crippen MR) is 61.0 cm³/mol. The number of pyridine rings is 1. The fourth-order valence-electron chi connectivity index (χ4n) is 2.59. The molecule has 2 rings (SSSR count). The monoisotopic (exact) mass is 219 g/mol. The van der Waals surface area contributed by atoms with Crippen LogP contribution in [0, 0.1) is 0 Å². The Hall–Kier alpha value is -1.38. The highest BCUT2D eigenvalue weighted by Crippen LogP contribution is 2.41. The van der Waals surface area contributed by atoms with Gasteiger partial charge < -0.3 is 4.74 Å². The lowest BCUT2D eigenvalue weighted by molar-refractivity contribution is -0.145. The van der Waals surface area contributed by atoms with Crippen LogP contribution in [-0.4, -0.2) is 17.1 Å². The molecule has 0 N–H and O–H groups in total. The van der Waals surface area contributed by atoms with Crippen LogP contribution in [0.3, 0.4) is 0 Å². The van der Waals surface area contributed by atoms with Gasteiger partial charge in [0.1, 0.15) is 6.10 Å². The van der Waals surface area contributed by atoms with Crippen molar-refractivity contribution < 1.29 is 9.53 Å². The van der Waals surface area contributed by atoms with Crippen LogP contribution in [0.2, 0.25) is 0 Å². The summed E-state index contributed by atoms with van der Waals surface area (Å²) in [6.45, 7) is 4.05. The van der Waals surface area contributed by atoms with Gasteiger partial charge in [0.25, 0.3) is 0 Å². The summed E-state index contributed by atoms with van der Waals surface area (Å²) in [5.74, 6) is -0.0759. The number of hydrogen-bond donors (Lipinski definition) is 0. The third kappa shape index (κ3) is 1.70. The van der Waals surface area contributed by atoms with Crippen LogP contribution in [0.25, 0.3) is 0 Å². The summed E-state index contributed by atoms with van der Waals surface area (Å²) in [6, 6.07) is 3.85. The minimum Gasteiger partial charge on any atom is -0.462 e. The second-order valence-electron chi connectivity index (χ2n) is 4.49. The summed E-state index contributed by atoms with van der Waals surface area (Å²) in [5.41, 5.74) is 0.607. The van der Waals surface area contributed by atoms with Crippen molar-refractivity contribution in [3.05, 3.63) is 30.1 Å². The molecule has 0 aliphatic carbocycles. The molecule has 3 nitrogen and oxygen atoms in total. The number of esters is 1. The molecule has 2 heterocycles. The minimum atomic E-state index is -0.433. The van der Waals surface area contributed by atoms with Gasteiger partial charge in [-0.15, -0.1) is 0 Å². The Morgan fingerprint density at radius 1 is 1.50 bits per heavy atom. The van der Waals surface area contributed by atoms with Crippen LogP contribution in [-0.2, 0) is 14.9 Å². The fraction of sp³-hybridized carbons (Fsp3) is 0.538. The molecule has 0 spiro atoms. The van der Waals surface area contributed by atoms with E-state index in [-0.39, 0.29) is 12.1 Å². The van der Waals surface area contributed by atoms with Crippen molar-refractivity contribution in [2.24, 2.45) is 0 Å². The van der Waals surface area contributed by atoms with Gasteiger partial charge in [-0.05, 0) is 31.0 Å². The molecule has 0 saturated carbocycles. The second-order valence-corrected chi connectivity index (χ2v) is 4.49. The number of nitrogens with zero attached hydrogens (tertiary/aromatic N) is 1. The molecule has 1 aliphatic heterocycles. The summed E-state index contributed by atoms with van der Waals surface area (Å²) in [6.07, 6.45) is 6.10. The van der Waals surface area contributed by atoms with E-state index >= 15 is 0 Å². The summed E-state index contributed by atoms with van der Waals surface area (Å²) in [7, 11) is 0. The Kier molecular flexibility index (Phi) is 2.95. The highest BCUT2D eigenvalue weighted by molar-refractivity contribution is 5.85. The van der Waals surface area contributed by atoms with Crippen molar-refractivity contribution in [3.8, 4) is 0 Å². The minimum absolute atomic E-state index is 0.0206. The quantitative estimate of drug-likeness (QED) is 0.733. The lowest BCUT2D eigenvalue weighted by atomic mass is 9.75. The molecule has 0 radical (unpaired) electrons. The molecule has 86 valence electrons. The maximum absolute atomic E-state index is 12.1. The van der Waals surface area contributed by atoms with Crippen LogP contribution in [0.4, 0.5) is 0 Å². The van der Waals surface area contributed by atoms with E-state index in [1.54, 1.807) is 12.4 Å². The van der Waals surface area contributed by atoms with E-state index in [0.717, 1.165) is 24.8 Å². The van der Waals surface area contributed by atoms with Crippen molar-refractivity contribution in [3.63, 3.8) is 0 Å². The third-order valence-electron chi connectivity index (χ3n) is 3.24. The van der Waals surface area contributed by atoms with Gasteiger partial charge in [0, 0.05) is 18.8 Å². The number of ether oxygens (including phenoxy) is 1. The average Bonchev–Trinajstić information content (AvgIpc) is 2.57. The van der Waals surface area contributed by atoms with Gasteiger partial charge in [-0.3, -0.25) is 9.78 Å². The summed E-state index contributed by atoms with van der Waals surface area (Å²) in [5, 5.41) is 0. The first-order valence-corrected chi connectivity index (χ1v) is 5.80. The number of carbonyl (C=O) groups excluding carboxylic acids is 1. The predicted octanol–water partition coefficient (Wildman–Crippen LogP) is 2.45. The van der Waals surface area contributed by atoms with E-state index in [1.807, 2.05) is 19.1 Å². The molecule has 0 amide bonds. The maximum Gasteiger partial charge on any atom is 0.316 e. The number of hydrogen-bond acceptors (Lipinski definition) is 3. The molecule has 1 saturated heterocycles. The molecule has 0 bridgehead atoms. The van der Waals surface area contributed by atoms with Crippen molar-refractivity contribution in [2.45, 2.75) is 44.6 Å². The Morgan fingerprint density at radius 2 is 2.19 bits per heavy atom. The van der Waals surface area contributed by atoms with Gasteiger partial charge in [-0.25, -0.2) is 0 Å². The van der Waals surface area contributed by atoms with Crippen LogP contribution < -0.4 is 0 Å². The first-order valence-electron chi connectivity index (χ1n) is 5.80. The fourth-order valence-corrected chi connectivity index (χ4v) is 2.59. The molecule has 2 atom stereocenters. The topological polar surface area (TPSA) is 39.2 Å². The van der Waals surface area contributed by atoms with E-state index < -0.39 is 5.41 Å². The lowest BCUT2D eigenvalue weighted by Gasteiger charge is -2.24. The Bertz CT molecular complexity index is 377. The molecule has 3 heteroatoms. The lowest BCUT2D eigenvalue weighted by Crippen LogP contribution is -2.31. The van der Waals surface area contributed by atoms with E-state index in [4.69, 9.17) is 4.74 Å². The molecule has 1 fully saturated rings. The Morgan fingerprint density at radius 3 is 2.69 bits per heavy atom. The standard InChI is InChI=1S/C13H17NO2/c1-3-6-13(9-10(2)16-12(13)15)11-4-7-14-8-5-11/h4-5,7-8,10H,3,6,9H2,1-2H3/t10-,13-/m1/s1. The largest absolute Gasteiger partial charge is 0.462 e. The molecular weight excluding hydrogens is 202 g/mol. The number of rotatable bonds is 3. The van der Waals surface area contributed by atoms with E-state index in [2.05, 4.69) is 11.9 Å². The SMILES string of the molecule is CCC[C@]1(c2ccncc2)C[C@@H](C)OC1=O. The zero-order chi connectivity index (χ0) is 11.6. The maximum atomic E-state index is 12.1. The van der Waals surface area contributed by atoms with Crippen LogP contribution >= 0.6 is 0 Å². The van der Waals surface area contributed by atoms with Crippen molar-refractivity contribution in [1.82, 2.24) is 4.98 Å². The van der Waals surface area contributed by atoms with E-state index in [9.17, 15) is 4.79 Å². The number of cyclic esters (lactones) is 1. The zero-order valence-corrected chi connectivity index (χ0v) is 9.77. The van der Waals surface area contributed by atoms with Gasteiger partial charge >= 0.3 is 5.97 Å². The second kappa shape index (κ2) is 4.24. The molecule has 1 aromatic rings. The van der Waals surface area contributed by atoms with Crippen molar-refractivity contribution in [2.75, 3.05) is 0 Å². The highest BCUT2D eigenvalue weighted by atomic mass is 16.6. The normalized spacial score (nSPS) is 29.1. The van der Waals surface area contributed by atoms with E-state index in [1.165, 1.54) is 0 Å². The summed E-state index contributed by atoms with van der Waals surface area (Å²) >= 11 is 0.